The minimum atomic E-state index is -0.826. The van der Waals surface area contributed by atoms with Crippen LogP contribution in [0.5, 0.6) is 0 Å². The summed E-state index contributed by atoms with van der Waals surface area (Å²) in [6.07, 6.45) is 3.82. The van der Waals surface area contributed by atoms with Crippen molar-refractivity contribution < 1.29 is 8.78 Å². The topological polar surface area (TPSA) is 36.4 Å². The molecule has 0 spiro atoms. The van der Waals surface area contributed by atoms with Gasteiger partial charge < -0.3 is 10.6 Å². The quantitative estimate of drug-likeness (QED) is 0.443. The van der Waals surface area contributed by atoms with Crippen LogP contribution >= 0.6 is 24.0 Å². The highest BCUT2D eigenvalue weighted by atomic mass is 127. The monoisotopic (exact) mass is 409 g/mol. The Morgan fingerprint density at radius 2 is 2.05 bits per heavy atom. The Bertz CT molecular complexity index is 490. The third kappa shape index (κ3) is 5.76. The second kappa shape index (κ2) is 8.51. The Balaban J connectivity index is 0.00000220. The van der Waals surface area contributed by atoms with Gasteiger partial charge in [0.1, 0.15) is 0 Å². The van der Waals surface area contributed by atoms with Gasteiger partial charge in [0.05, 0.1) is 6.04 Å². The molecule has 0 amide bonds. The standard InChI is InChI=1S/C15H21F2N3.HI/c1-10(12-5-6-13(16)14(17)9-12)20-15(18-2)19-8-7-11-3-4-11;/h5-6,9-11H,3-4,7-8H2,1-2H3,(H2,18,19,20);1H. The molecule has 1 aliphatic carbocycles. The zero-order valence-electron chi connectivity index (χ0n) is 12.3. The van der Waals surface area contributed by atoms with E-state index in [-0.39, 0.29) is 30.0 Å². The maximum atomic E-state index is 13.2. The van der Waals surface area contributed by atoms with Gasteiger partial charge in [-0.1, -0.05) is 18.9 Å². The summed E-state index contributed by atoms with van der Waals surface area (Å²) in [5.74, 6) is -0.104. The van der Waals surface area contributed by atoms with Gasteiger partial charge in [-0.05, 0) is 37.0 Å². The Kier molecular flexibility index (Phi) is 7.34. The van der Waals surface area contributed by atoms with E-state index in [1.54, 1.807) is 13.1 Å². The zero-order chi connectivity index (χ0) is 14.5. The van der Waals surface area contributed by atoms with Crippen molar-refractivity contribution in [3.8, 4) is 0 Å². The fourth-order valence-electron chi connectivity index (χ4n) is 2.07. The van der Waals surface area contributed by atoms with Crippen molar-refractivity contribution >= 4 is 29.9 Å². The minimum Gasteiger partial charge on any atom is -0.356 e. The first-order chi connectivity index (χ1) is 9.60. The number of aliphatic imine (C=N–C) groups is 1. The number of hydrogen-bond acceptors (Lipinski definition) is 1. The van der Waals surface area contributed by atoms with Gasteiger partial charge in [0.2, 0.25) is 0 Å². The molecule has 118 valence electrons. The van der Waals surface area contributed by atoms with Crippen molar-refractivity contribution in [2.24, 2.45) is 10.9 Å². The predicted molar refractivity (Wildman–Crippen MR) is 92.0 cm³/mol. The summed E-state index contributed by atoms with van der Waals surface area (Å²) in [6, 6.07) is 3.79. The molecule has 1 aliphatic rings. The summed E-state index contributed by atoms with van der Waals surface area (Å²) in [5, 5.41) is 6.41. The van der Waals surface area contributed by atoms with Crippen LogP contribution in [0.2, 0.25) is 0 Å². The summed E-state index contributed by atoms with van der Waals surface area (Å²) in [7, 11) is 1.70. The molecule has 0 saturated heterocycles. The smallest absolute Gasteiger partial charge is 0.191 e. The highest BCUT2D eigenvalue weighted by Gasteiger charge is 2.20. The molecule has 1 saturated carbocycles. The van der Waals surface area contributed by atoms with Crippen LogP contribution in [-0.4, -0.2) is 19.6 Å². The summed E-state index contributed by atoms with van der Waals surface area (Å²) in [5.41, 5.74) is 0.689. The number of nitrogens with one attached hydrogen (secondary N) is 2. The molecule has 21 heavy (non-hydrogen) atoms. The Morgan fingerprint density at radius 1 is 1.33 bits per heavy atom. The molecule has 0 aliphatic heterocycles. The van der Waals surface area contributed by atoms with Crippen LogP contribution in [0.15, 0.2) is 23.2 Å². The summed E-state index contributed by atoms with van der Waals surface area (Å²) >= 11 is 0. The molecule has 1 unspecified atom stereocenters. The first-order valence-corrected chi connectivity index (χ1v) is 7.02. The van der Waals surface area contributed by atoms with Gasteiger partial charge >= 0.3 is 0 Å². The van der Waals surface area contributed by atoms with E-state index in [4.69, 9.17) is 0 Å². The van der Waals surface area contributed by atoms with Gasteiger partial charge in [0, 0.05) is 13.6 Å². The Hall–Kier alpha value is -0.920. The molecule has 1 fully saturated rings. The number of halogens is 3. The van der Waals surface area contributed by atoms with E-state index < -0.39 is 11.6 Å². The first kappa shape index (κ1) is 18.1. The Morgan fingerprint density at radius 3 is 2.62 bits per heavy atom. The average molecular weight is 409 g/mol. The lowest BCUT2D eigenvalue weighted by Gasteiger charge is -2.18. The molecule has 1 aromatic rings. The van der Waals surface area contributed by atoms with E-state index in [1.165, 1.54) is 18.9 Å². The van der Waals surface area contributed by atoms with Crippen LogP contribution in [0.25, 0.3) is 0 Å². The van der Waals surface area contributed by atoms with Crippen LogP contribution in [-0.2, 0) is 0 Å². The summed E-state index contributed by atoms with van der Waals surface area (Å²) < 4.78 is 26.1. The number of hydrogen-bond donors (Lipinski definition) is 2. The van der Waals surface area contributed by atoms with Crippen LogP contribution in [0.3, 0.4) is 0 Å². The second-order valence-electron chi connectivity index (χ2n) is 5.27. The molecule has 1 atom stereocenters. The number of nitrogens with zero attached hydrogens (tertiary/aromatic N) is 1. The second-order valence-corrected chi connectivity index (χ2v) is 5.27. The van der Waals surface area contributed by atoms with Crippen molar-refractivity contribution in [1.29, 1.82) is 0 Å². The van der Waals surface area contributed by atoms with Crippen molar-refractivity contribution in [2.45, 2.75) is 32.2 Å². The van der Waals surface area contributed by atoms with E-state index in [0.717, 1.165) is 24.9 Å². The molecule has 0 aromatic heterocycles. The van der Waals surface area contributed by atoms with E-state index >= 15 is 0 Å². The fourth-order valence-corrected chi connectivity index (χ4v) is 2.07. The number of guanidine groups is 1. The lowest BCUT2D eigenvalue weighted by molar-refractivity contribution is 0.504. The van der Waals surface area contributed by atoms with Gasteiger partial charge in [0.15, 0.2) is 17.6 Å². The lowest BCUT2D eigenvalue weighted by atomic mass is 10.1. The first-order valence-electron chi connectivity index (χ1n) is 7.02. The van der Waals surface area contributed by atoms with Crippen molar-refractivity contribution in [1.82, 2.24) is 10.6 Å². The fraction of sp³-hybridized carbons (Fsp3) is 0.533. The molecule has 0 heterocycles. The molecule has 6 heteroatoms. The molecule has 3 nitrogen and oxygen atoms in total. The molecular weight excluding hydrogens is 387 g/mol. The highest BCUT2D eigenvalue weighted by molar-refractivity contribution is 14.0. The molecule has 0 radical (unpaired) electrons. The third-order valence-corrected chi connectivity index (χ3v) is 3.56. The normalized spacial score (nSPS) is 16.1. The van der Waals surface area contributed by atoms with Gasteiger partial charge in [-0.25, -0.2) is 8.78 Å². The van der Waals surface area contributed by atoms with E-state index in [9.17, 15) is 8.78 Å². The van der Waals surface area contributed by atoms with Gasteiger partial charge in [-0.15, -0.1) is 24.0 Å². The maximum Gasteiger partial charge on any atom is 0.191 e. The number of benzene rings is 1. The lowest BCUT2D eigenvalue weighted by Crippen LogP contribution is -2.39. The average Bonchev–Trinajstić information content (AvgIpc) is 3.24. The Labute approximate surface area is 141 Å². The van der Waals surface area contributed by atoms with Crippen LogP contribution in [0, 0.1) is 17.6 Å². The molecule has 2 rings (SSSR count). The van der Waals surface area contributed by atoms with E-state index in [2.05, 4.69) is 15.6 Å². The summed E-state index contributed by atoms with van der Waals surface area (Å²) in [6.45, 7) is 2.77. The van der Waals surface area contributed by atoms with Crippen molar-refractivity contribution in [3.63, 3.8) is 0 Å². The van der Waals surface area contributed by atoms with Gasteiger partial charge in [0.25, 0.3) is 0 Å². The van der Waals surface area contributed by atoms with Gasteiger partial charge in [-0.2, -0.15) is 0 Å². The highest BCUT2D eigenvalue weighted by Crippen LogP contribution is 2.31. The van der Waals surface area contributed by atoms with Crippen molar-refractivity contribution in [2.75, 3.05) is 13.6 Å². The SMILES string of the molecule is CN=C(NCCC1CC1)NC(C)c1ccc(F)c(F)c1.I. The van der Waals surface area contributed by atoms with Crippen LogP contribution in [0.4, 0.5) is 8.78 Å². The maximum absolute atomic E-state index is 13.2. The van der Waals surface area contributed by atoms with Crippen LogP contribution in [0.1, 0.15) is 37.8 Å². The largest absolute Gasteiger partial charge is 0.356 e. The molecular formula is C15H22F2IN3. The van der Waals surface area contributed by atoms with Crippen molar-refractivity contribution in [3.05, 3.63) is 35.4 Å². The van der Waals surface area contributed by atoms with E-state index in [0.29, 0.717) is 11.5 Å². The van der Waals surface area contributed by atoms with E-state index in [1.807, 2.05) is 6.92 Å². The third-order valence-electron chi connectivity index (χ3n) is 3.56. The number of rotatable bonds is 5. The minimum absolute atomic E-state index is 0. The van der Waals surface area contributed by atoms with Crippen LogP contribution < -0.4 is 10.6 Å². The molecule has 2 N–H and O–H groups in total. The summed E-state index contributed by atoms with van der Waals surface area (Å²) in [4.78, 5) is 4.14. The molecule has 1 aromatic carbocycles. The zero-order valence-corrected chi connectivity index (χ0v) is 14.7. The molecule has 0 bridgehead atoms. The predicted octanol–water partition coefficient (Wildman–Crippen LogP) is 3.61. The van der Waals surface area contributed by atoms with Gasteiger partial charge in [-0.3, -0.25) is 4.99 Å².